The van der Waals surface area contributed by atoms with Crippen molar-refractivity contribution >= 4 is 21.9 Å². The monoisotopic (exact) mass is 357 g/mol. The molecule has 1 unspecified atom stereocenters. The average molecular weight is 358 g/mol. The molecule has 0 saturated heterocycles. The highest BCUT2D eigenvalue weighted by Crippen LogP contribution is 2.25. The van der Waals surface area contributed by atoms with Gasteiger partial charge in [-0.3, -0.25) is 0 Å². The molecule has 0 amide bonds. The quantitative estimate of drug-likeness (QED) is 0.541. The van der Waals surface area contributed by atoms with Gasteiger partial charge in [0, 0.05) is 16.6 Å². The van der Waals surface area contributed by atoms with Gasteiger partial charge >= 0.3 is 5.97 Å². The largest absolute Gasteiger partial charge is 0.478 e. The van der Waals surface area contributed by atoms with E-state index >= 15 is 0 Å². The normalized spacial score (nSPS) is 12.0. The number of ether oxygens (including phenoxy) is 2. The molecule has 1 aromatic carbocycles. The summed E-state index contributed by atoms with van der Waals surface area (Å²) >= 11 is 3.47. The molecule has 0 aliphatic rings. The van der Waals surface area contributed by atoms with Crippen LogP contribution in [0.3, 0.4) is 0 Å². The van der Waals surface area contributed by atoms with Crippen molar-refractivity contribution < 1.29 is 14.3 Å². The summed E-state index contributed by atoms with van der Waals surface area (Å²) in [6.07, 6.45) is 1.09. The number of hydrogen-bond acceptors (Lipinski definition) is 4. The Kier molecular flexibility index (Phi) is 8.38. The minimum atomic E-state index is -0.559. The zero-order chi connectivity index (χ0) is 15.7. The average Bonchev–Trinajstić information content (AvgIpc) is 2.47. The Morgan fingerprint density at radius 1 is 1.33 bits per heavy atom. The third kappa shape index (κ3) is 6.06. The van der Waals surface area contributed by atoms with Crippen molar-refractivity contribution in [2.75, 3.05) is 13.2 Å². The van der Waals surface area contributed by atoms with Crippen LogP contribution in [0.25, 0.3) is 0 Å². The molecule has 5 heteroatoms. The van der Waals surface area contributed by atoms with Gasteiger partial charge in [0.2, 0.25) is 0 Å². The first kappa shape index (κ1) is 18.0. The number of rotatable bonds is 9. The van der Waals surface area contributed by atoms with E-state index in [4.69, 9.17) is 9.47 Å². The lowest BCUT2D eigenvalue weighted by atomic mass is 10.2. The second-order valence-electron chi connectivity index (χ2n) is 4.70. The molecule has 0 bridgehead atoms. The van der Waals surface area contributed by atoms with Crippen LogP contribution in [0.5, 0.6) is 5.75 Å². The summed E-state index contributed by atoms with van der Waals surface area (Å²) in [7, 11) is 0. The van der Waals surface area contributed by atoms with Gasteiger partial charge in [-0.25, -0.2) is 4.79 Å². The molecule has 21 heavy (non-hydrogen) atoms. The van der Waals surface area contributed by atoms with E-state index in [1.54, 1.807) is 6.92 Å². The van der Waals surface area contributed by atoms with Gasteiger partial charge in [-0.1, -0.05) is 29.8 Å². The summed E-state index contributed by atoms with van der Waals surface area (Å²) in [5, 5.41) is 3.35. The van der Waals surface area contributed by atoms with E-state index in [-0.39, 0.29) is 5.97 Å². The van der Waals surface area contributed by atoms with E-state index in [1.807, 2.05) is 25.1 Å². The SMILES string of the molecule is CCCNCc1cc(Br)ccc1OC(CC)C(=O)OCC. The van der Waals surface area contributed by atoms with Gasteiger partial charge < -0.3 is 14.8 Å². The van der Waals surface area contributed by atoms with E-state index < -0.39 is 6.10 Å². The van der Waals surface area contributed by atoms with E-state index in [0.717, 1.165) is 28.8 Å². The van der Waals surface area contributed by atoms with Gasteiger partial charge in [-0.05, 0) is 44.5 Å². The van der Waals surface area contributed by atoms with Gasteiger partial charge in [0.25, 0.3) is 0 Å². The molecule has 0 saturated carbocycles. The van der Waals surface area contributed by atoms with Gasteiger partial charge in [0.05, 0.1) is 6.61 Å². The Morgan fingerprint density at radius 2 is 2.10 bits per heavy atom. The topological polar surface area (TPSA) is 47.6 Å². The highest BCUT2D eigenvalue weighted by atomic mass is 79.9. The first-order valence-corrected chi connectivity index (χ1v) is 8.24. The van der Waals surface area contributed by atoms with Gasteiger partial charge in [-0.2, -0.15) is 0 Å². The van der Waals surface area contributed by atoms with Crippen LogP contribution in [0.15, 0.2) is 22.7 Å². The molecule has 0 aromatic heterocycles. The first-order valence-electron chi connectivity index (χ1n) is 7.44. The number of carbonyl (C=O) groups is 1. The van der Waals surface area contributed by atoms with Crippen molar-refractivity contribution in [3.63, 3.8) is 0 Å². The van der Waals surface area contributed by atoms with E-state index in [0.29, 0.717) is 19.6 Å². The highest BCUT2D eigenvalue weighted by molar-refractivity contribution is 9.10. The van der Waals surface area contributed by atoms with E-state index in [9.17, 15) is 4.79 Å². The Bertz CT molecular complexity index is 451. The van der Waals surface area contributed by atoms with Gasteiger partial charge in [0.1, 0.15) is 5.75 Å². The van der Waals surface area contributed by atoms with E-state index in [2.05, 4.69) is 28.2 Å². The molecule has 1 aromatic rings. The zero-order valence-corrected chi connectivity index (χ0v) is 14.5. The number of halogens is 1. The van der Waals surface area contributed by atoms with Crippen LogP contribution in [-0.4, -0.2) is 25.2 Å². The van der Waals surface area contributed by atoms with E-state index in [1.165, 1.54) is 0 Å². The summed E-state index contributed by atoms with van der Waals surface area (Å²) in [5.41, 5.74) is 1.03. The summed E-state index contributed by atoms with van der Waals surface area (Å²) in [5.74, 6) is 0.414. The number of nitrogens with one attached hydrogen (secondary N) is 1. The van der Waals surface area contributed by atoms with Crippen LogP contribution >= 0.6 is 15.9 Å². The number of benzene rings is 1. The van der Waals surface area contributed by atoms with Crippen LogP contribution < -0.4 is 10.1 Å². The maximum Gasteiger partial charge on any atom is 0.347 e. The molecule has 118 valence electrons. The lowest BCUT2D eigenvalue weighted by Crippen LogP contribution is -2.29. The van der Waals surface area contributed by atoms with Gasteiger partial charge in [-0.15, -0.1) is 0 Å². The van der Waals surface area contributed by atoms with Crippen LogP contribution in [0.4, 0.5) is 0 Å². The van der Waals surface area contributed by atoms with Crippen LogP contribution in [-0.2, 0) is 16.1 Å². The van der Waals surface area contributed by atoms with Crippen LogP contribution in [0.1, 0.15) is 39.2 Å². The van der Waals surface area contributed by atoms with Crippen molar-refractivity contribution in [3.05, 3.63) is 28.2 Å². The lowest BCUT2D eigenvalue weighted by molar-refractivity contribution is -0.151. The molecule has 0 spiro atoms. The number of carbonyl (C=O) groups excluding carboxylic acids is 1. The van der Waals surface area contributed by atoms with Gasteiger partial charge in [0.15, 0.2) is 6.10 Å². The summed E-state index contributed by atoms with van der Waals surface area (Å²) in [4.78, 5) is 11.8. The Hall–Kier alpha value is -1.07. The molecule has 0 aliphatic heterocycles. The minimum absolute atomic E-state index is 0.310. The standard InChI is InChI=1S/C16H24BrNO3/c1-4-9-18-11-12-10-13(17)7-8-15(12)21-14(5-2)16(19)20-6-3/h7-8,10,14,18H,4-6,9,11H2,1-3H3. The predicted octanol–water partition coefficient (Wildman–Crippen LogP) is 3.67. The molecular weight excluding hydrogens is 334 g/mol. The van der Waals surface area contributed by atoms with Crippen molar-refractivity contribution in [2.24, 2.45) is 0 Å². The Morgan fingerprint density at radius 3 is 2.71 bits per heavy atom. The fourth-order valence-electron chi connectivity index (χ4n) is 1.89. The molecule has 1 N–H and O–H groups in total. The Balaban J connectivity index is 2.82. The number of hydrogen-bond donors (Lipinski definition) is 1. The maximum atomic E-state index is 11.8. The second kappa shape index (κ2) is 9.79. The summed E-state index contributed by atoms with van der Waals surface area (Å²) < 4.78 is 11.9. The fourth-order valence-corrected chi connectivity index (χ4v) is 2.30. The van der Waals surface area contributed by atoms with Crippen molar-refractivity contribution in [3.8, 4) is 5.75 Å². The van der Waals surface area contributed by atoms with Crippen molar-refractivity contribution in [1.29, 1.82) is 0 Å². The lowest BCUT2D eigenvalue weighted by Gasteiger charge is -2.19. The molecule has 0 fully saturated rings. The van der Waals surface area contributed by atoms with Crippen molar-refractivity contribution in [1.82, 2.24) is 5.32 Å². The smallest absolute Gasteiger partial charge is 0.347 e. The molecule has 0 heterocycles. The molecule has 0 aliphatic carbocycles. The molecule has 1 atom stereocenters. The fraction of sp³-hybridized carbons (Fsp3) is 0.562. The minimum Gasteiger partial charge on any atom is -0.478 e. The Labute approximate surface area is 135 Å². The maximum absolute atomic E-state index is 11.8. The second-order valence-corrected chi connectivity index (χ2v) is 5.61. The number of esters is 1. The third-order valence-electron chi connectivity index (χ3n) is 2.95. The predicted molar refractivity (Wildman–Crippen MR) is 87.5 cm³/mol. The highest BCUT2D eigenvalue weighted by Gasteiger charge is 2.20. The molecule has 1 rings (SSSR count). The first-order chi connectivity index (χ1) is 10.1. The summed E-state index contributed by atoms with van der Waals surface area (Å²) in [6.45, 7) is 7.85. The summed E-state index contributed by atoms with van der Waals surface area (Å²) in [6, 6.07) is 5.81. The third-order valence-corrected chi connectivity index (χ3v) is 3.45. The molecule has 0 radical (unpaired) electrons. The van der Waals surface area contributed by atoms with Crippen LogP contribution in [0.2, 0.25) is 0 Å². The van der Waals surface area contributed by atoms with Crippen molar-refractivity contribution in [2.45, 2.75) is 46.3 Å². The zero-order valence-electron chi connectivity index (χ0n) is 12.9. The van der Waals surface area contributed by atoms with Crippen LogP contribution in [0, 0.1) is 0 Å². The molecular formula is C16H24BrNO3. The molecule has 4 nitrogen and oxygen atoms in total.